The lowest BCUT2D eigenvalue weighted by Gasteiger charge is -2.23. The first-order valence-electron chi connectivity index (χ1n) is 10.2. The van der Waals surface area contributed by atoms with E-state index in [4.69, 9.17) is 4.74 Å². The molecule has 0 saturated heterocycles. The van der Waals surface area contributed by atoms with Crippen LogP contribution in [0.3, 0.4) is 0 Å². The van der Waals surface area contributed by atoms with E-state index in [1.165, 1.54) is 12.1 Å². The molecule has 2 bridgehead atoms. The van der Waals surface area contributed by atoms with Gasteiger partial charge in [-0.1, -0.05) is 13.0 Å². The predicted molar refractivity (Wildman–Crippen MR) is 109 cm³/mol. The number of halogens is 3. The van der Waals surface area contributed by atoms with Crippen molar-refractivity contribution in [1.29, 1.82) is 0 Å². The topological polar surface area (TPSA) is 89.7 Å². The highest BCUT2D eigenvalue weighted by Crippen LogP contribution is 2.46. The Morgan fingerprint density at radius 2 is 1.88 bits per heavy atom. The van der Waals surface area contributed by atoms with Crippen molar-refractivity contribution in [2.24, 2.45) is 11.8 Å². The van der Waals surface area contributed by atoms with Crippen LogP contribution in [-0.2, 0) is 17.4 Å². The van der Waals surface area contributed by atoms with Gasteiger partial charge in [-0.25, -0.2) is 0 Å². The van der Waals surface area contributed by atoms with Crippen LogP contribution >= 0.6 is 0 Å². The van der Waals surface area contributed by atoms with Gasteiger partial charge in [-0.3, -0.25) is 14.9 Å². The minimum absolute atomic E-state index is 0.0520. The Labute approximate surface area is 181 Å². The number of carbonyl (C=O) groups excluding carboxylic acids is 1. The summed E-state index contributed by atoms with van der Waals surface area (Å²) in [5.41, 5.74) is -0.464. The Kier molecular flexibility index (Phi) is 5.44. The summed E-state index contributed by atoms with van der Waals surface area (Å²) in [7, 11) is 0. The maximum absolute atomic E-state index is 13.0. The number of aryl methyl sites for hydroxylation is 1. The number of nitro benzene ring substituents is 1. The zero-order valence-electron chi connectivity index (χ0n) is 17.1. The van der Waals surface area contributed by atoms with Gasteiger partial charge >= 0.3 is 11.9 Å². The van der Waals surface area contributed by atoms with E-state index in [0.29, 0.717) is 37.0 Å². The van der Waals surface area contributed by atoms with E-state index < -0.39 is 22.4 Å². The Bertz CT molecular complexity index is 1140. The quantitative estimate of drug-likeness (QED) is 0.433. The number of aliphatic hydroxyl groups is 1. The third kappa shape index (κ3) is 3.83. The molecule has 0 radical (unpaired) electrons. The number of hydrogen-bond acceptors (Lipinski definition) is 5. The Morgan fingerprint density at radius 1 is 1.16 bits per heavy atom. The number of alkyl halides is 3. The minimum Gasteiger partial charge on any atom is -0.511 e. The van der Waals surface area contributed by atoms with E-state index >= 15 is 0 Å². The molecule has 0 aromatic heterocycles. The van der Waals surface area contributed by atoms with E-state index in [2.05, 4.69) is 0 Å². The van der Waals surface area contributed by atoms with Crippen molar-refractivity contribution in [3.63, 3.8) is 0 Å². The monoisotopic (exact) mass is 447 g/mol. The molecule has 168 valence electrons. The Balaban J connectivity index is 1.75. The lowest BCUT2D eigenvalue weighted by atomic mass is 9.81. The van der Waals surface area contributed by atoms with Crippen molar-refractivity contribution in [1.82, 2.24) is 0 Å². The van der Waals surface area contributed by atoms with Crippen molar-refractivity contribution in [2.75, 3.05) is 0 Å². The van der Waals surface area contributed by atoms with Gasteiger partial charge in [0.25, 0.3) is 0 Å². The van der Waals surface area contributed by atoms with Crippen LogP contribution < -0.4 is 4.74 Å². The standard InChI is InChI=1S/C23H20F3NO5/c1-2-12-5-7-16(11-17(12)20-21(28)13-3-4-14(9-13)22(20)29)32-19-8-6-15(23(24,25)26)10-18(19)27(30)31/h5-8,10-11,13-14,28H,2-4,9H2,1H3/t13-,14+/m0/s1. The average molecular weight is 447 g/mol. The molecular formula is C23H20F3NO5. The van der Waals surface area contributed by atoms with Gasteiger partial charge in [0.2, 0.25) is 5.75 Å². The Hall–Kier alpha value is -3.36. The van der Waals surface area contributed by atoms with Crippen molar-refractivity contribution in [3.8, 4) is 11.5 Å². The highest BCUT2D eigenvalue weighted by atomic mass is 19.4. The van der Waals surface area contributed by atoms with E-state index in [0.717, 1.165) is 18.1 Å². The first-order chi connectivity index (χ1) is 15.1. The average Bonchev–Trinajstić information content (AvgIpc) is 3.19. The van der Waals surface area contributed by atoms with E-state index in [9.17, 15) is 33.2 Å². The van der Waals surface area contributed by atoms with Crippen molar-refractivity contribution >= 4 is 17.0 Å². The molecule has 1 N–H and O–H groups in total. The number of aliphatic hydroxyl groups excluding tert-OH is 1. The fourth-order valence-electron chi connectivity index (χ4n) is 4.48. The summed E-state index contributed by atoms with van der Waals surface area (Å²) in [4.78, 5) is 23.4. The second-order valence-electron chi connectivity index (χ2n) is 8.04. The predicted octanol–water partition coefficient (Wildman–Crippen LogP) is 6.24. The zero-order chi connectivity index (χ0) is 23.2. The maximum atomic E-state index is 13.0. The summed E-state index contributed by atoms with van der Waals surface area (Å²) < 4.78 is 44.4. The molecule has 0 spiro atoms. The van der Waals surface area contributed by atoms with Crippen LogP contribution in [0.4, 0.5) is 18.9 Å². The maximum Gasteiger partial charge on any atom is 0.416 e. The van der Waals surface area contributed by atoms with Crippen LogP contribution in [0.15, 0.2) is 42.2 Å². The zero-order valence-corrected chi connectivity index (χ0v) is 17.1. The smallest absolute Gasteiger partial charge is 0.416 e. The number of ether oxygens (including phenoxy) is 1. The summed E-state index contributed by atoms with van der Waals surface area (Å²) in [6, 6.07) is 6.76. The molecule has 2 aliphatic carbocycles. The molecule has 9 heteroatoms. The summed E-state index contributed by atoms with van der Waals surface area (Å²) in [6.07, 6.45) is -2.09. The van der Waals surface area contributed by atoms with Gasteiger partial charge in [-0.2, -0.15) is 13.2 Å². The molecule has 0 unspecified atom stereocenters. The molecular weight excluding hydrogens is 427 g/mol. The molecule has 2 aliphatic rings. The van der Waals surface area contributed by atoms with Gasteiger partial charge in [0.15, 0.2) is 5.78 Å². The van der Waals surface area contributed by atoms with Crippen molar-refractivity contribution < 1.29 is 32.7 Å². The van der Waals surface area contributed by atoms with E-state index in [-0.39, 0.29) is 40.5 Å². The summed E-state index contributed by atoms with van der Waals surface area (Å²) in [5, 5.41) is 22.1. The van der Waals surface area contributed by atoms with Crippen LogP contribution in [0.1, 0.15) is 42.9 Å². The molecule has 2 aromatic rings. The molecule has 6 nitrogen and oxygen atoms in total. The number of nitrogens with zero attached hydrogens (tertiary/aromatic N) is 1. The second-order valence-corrected chi connectivity index (χ2v) is 8.04. The molecule has 0 aliphatic heterocycles. The van der Waals surface area contributed by atoms with Crippen LogP contribution in [0.2, 0.25) is 0 Å². The van der Waals surface area contributed by atoms with E-state index in [1.807, 2.05) is 6.92 Å². The van der Waals surface area contributed by atoms with Crippen LogP contribution in [-0.4, -0.2) is 15.8 Å². The van der Waals surface area contributed by atoms with Gasteiger partial charge in [0.1, 0.15) is 11.5 Å². The number of Topliss-reactive ketones (excluding diaryl/α,β-unsaturated/α-hetero) is 1. The molecule has 2 atom stereocenters. The summed E-state index contributed by atoms with van der Waals surface area (Å²) >= 11 is 0. The van der Waals surface area contributed by atoms with Gasteiger partial charge in [0, 0.05) is 17.9 Å². The van der Waals surface area contributed by atoms with Gasteiger partial charge in [0.05, 0.1) is 16.1 Å². The molecule has 4 rings (SSSR count). The van der Waals surface area contributed by atoms with Crippen LogP contribution in [0, 0.1) is 22.0 Å². The van der Waals surface area contributed by atoms with Gasteiger partial charge in [-0.05, 0) is 61.1 Å². The van der Waals surface area contributed by atoms with Crippen molar-refractivity contribution in [2.45, 2.75) is 38.8 Å². The molecule has 0 amide bonds. The number of hydrogen-bond donors (Lipinski definition) is 1. The number of fused-ring (bicyclic) bond motifs is 2. The number of allylic oxidation sites excluding steroid dienone is 2. The number of benzene rings is 2. The lowest BCUT2D eigenvalue weighted by Crippen LogP contribution is -2.21. The largest absolute Gasteiger partial charge is 0.511 e. The van der Waals surface area contributed by atoms with Crippen molar-refractivity contribution in [3.05, 3.63) is 69.0 Å². The number of nitro groups is 1. The van der Waals surface area contributed by atoms with Crippen LogP contribution in [0.25, 0.3) is 5.57 Å². The van der Waals surface area contributed by atoms with Gasteiger partial charge in [-0.15, -0.1) is 0 Å². The normalized spacial score (nSPS) is 20.6. The summed E-state index contributed by atoms with van der Waals surface area (Å²) in [5.74, 6) is -0.536. The molecule has 1 saturated carbocycles. The third-order valence-electron chi connectivity index (χ3n) is 6.13. The van der Waals surface area contributed by atoms with Gasteiger partial charge < -0.3 is 9.84 Å². The van der Waals surface area contributed by atoms with E-state index in [1.54, 1.807) is 6.07 Å². The molecule has 32 heavy (non-hydrogen) atoms. The first kappa shape index (κ1) is 21.9. The fraction of sp³-hybridized carbons (Fsp3) is 0.348. The SMILES string of the molecule is CCc1ccc(Oc2ccc(C(F)(F)F)cc2[N+](=O)[O-])cc1C1=C(O)[C@H]2CC[C@H](C2)C1=O. The highest BCUT2D eigenvalue weighted by Gasteiger charge is 2.41. The number of carbonyl (C=O) groups is 1. The second kappa shape index (κ2) is 7.96. The first-order valence-corrected chi connectivity index (χ1v) is 10.2. The number of ketones is 1. The molecule has 0 heterocycles. The number of rotatable bonds is 5. The minimum atomic E-state index is -4.73. The third-order valence-corrected chi connectivity index (χ3v) is 6.13. The highest BCUT2D eigenvalue weighted by molar-refractivity contribution is 6.23. The lowest BCUT2D eigenvalue weighted by molar-refractivity contribution is -0.385. The van der Waals surface area contributed by atoms with Crippen LogP contribution in [0.5, 0.6) is 11.5 Å². The Morgan fingerprint density at radius 3 is 2.53 bits per heavy atom. The molecule has 2 aromatic carbocycles. The summed E-state index contributed by atoms with van der Waals surface area (Å²) in [6.45, 7) is 1.89. The molecule has 1 fully saturated rings. The fourth-order valence-corrected chi connectivity index (χ4v) is 4.48.